The van der Waals surface area contributed by atoms with Gasteiger partial charge in [0.05, 0.1) is 23.7 Å². The van der Waals surface area contributed by atoms with E-state index >= 15 is 0 Å². The van der Waals surface area contributed by atoms with Gasteiger partial charge >= 0.3 is 0 Å². The van der Waals surface area contributed by atoms with Crippen LogP contribution in [0, 0.1) is 0 Å². The topological polar surface area (TPSA) is 51.3 Å². The van der Waals surface area contributed by atoms with Crippen LogP contribution in [0.5, 0.6) is 5.75 Å². The Morgan fingerprint density at radius 1 is 1.29 bits per heavy atom. The molecule has 0 bridgehead atoms. The third kappa shape index (κ3) is 2.35. The Balaban J connectivity index is 2.66. The summed E-state index contributed by atoms with van der Waals surface area (Å²) in [5, 5.41) is 0.935. The van der Waals surface area contributed by atoms with Gasteiger partial charge < -0.3 is 14.5 Å². The van der Waals surface area contributed by atoms with Crippen LogP contribution in [0.2, 0.25) is 0 Å². The molecule has 17 heavy (non-hydrogen) atoms. The molecule has 5 heteroatoms. The summed E-state index contributed by atoms with van der Waals surface area (Å²) in [6.07, 6.45) is 0. The van der Waals surface area contributed by atoms with E-state index in [1.807, 2.05) is 12.1 Å². The Hall–Kier alpha value is -1.33. The third-order valence-corrected chi connectivity index (χ3v) is 3.11. The van der Waals surface area contributed by atoms with Gasteiger partial charge in [-0.15, -0.1) is 0 Å². The Bertz CT molecular complexity index is 606. The number of H-pyrrole nitrogens is 1. The number of pyridine rings is 1. The number of hydrogen-bond donors (Lipinski definition) is 1. The number of fused-ring (bicyclic) bond motifs is 1. The number of halogens is 1. The predicted octanol–water partition coefficient (Wildman–Crippen LogP) is 2.45. The lowest BCUT2D eigenvalue weighted by molar-refractivity contribution is 0.184. The van der Waals surface area contributed by atoms with E-state index in [9.17, 15) is 4.79 Å². The molecule has 0 atom stereocenters. The zero-order valence-electron chi connectivity index (χ0n) is 9.54. The van der Waals surface area contributed by atoms with E-state index in [1.165, 1.54) is 0 Å². The maximum absolute atomic E-state index is 11.7. The average Bonchev–Trinajstić information content (AvgIpc) is 2.30. The quantitative estimate of drug-likeness (QED) is 0.947. The van der Waals surface area contributed by atoms with E-state index in [0.29, 0.717) is 17.9 Å². The molecule has 0 amide bonds. The summed E-state index contributed by atoms with van der Waals surface area (Å²) < 4.78 is 11.0. The average molecular weight is 298 g/mol. The van der Waals surface area contributed by atoms with Gasteiger partial charge in [-0.3, -0.25) is 4.79 Å². The molecule has 2 aromatic rings. The second-order valence-electron chi connectivity index (χ2n) is 3.63. The number of benzene rings is 1. The number of aromatic nitrogens is 1. The fraction of sp³-hybridized carbons (Fsp3) is 0.250. The molecule has 0 unspecified atom stereocenters. The SMILES string of the molecule is COCc1cc2cc(Br)c(OC)cc2[nH]c1=O. The molecule has 90 valence electrons. The molecule has 0 saturated carbocycles. The van der Waals surface area contributed by atoms with Crippen molar-refractivity contribution in [3.63, 3.8) is 0 Å². The van der Waals surface area contributed by atoms with Crippen LogP contribution < -0.4 is 10.3 Å². The molecule has 0 aliphatic rings. The first-order chi connectivity index (χ1) is 8.15. The highest BCUT2D eigenvalue weighted by molar-refractivity contribution is 9.10. The van der Waals surface area contributed by atoms with E-state index in [0.717, 1.165) is 15.4 Å². The molecule has 0 aliphatic heterocycles. The Morgan fingerprint density at radius 2 is 2.06 bits per heavy atom. The number of hydrogen-bond acceptors (Lipinski definition) is 3. The number of ether oxygens (including phenoxy) is 2. The first kappa shape index (κ1) is 12.1. The molecule has 1 aromatic heterocycles. The molecule has 0 aliphatic carbocycles. The Labute approximate surface area is 107 Å². The maximum atomic E-state index is 11.7. The summed E-state index contributed by atoms with van der Waals surface area (Å²) >= 11 is 3.41. The first-order valence-electron chi connectivity index (χ1n) is 5.04. The van der Waals surface area contributed by atoms with Gasteiger partial charge in [-0.25, -0.2) is 0 Å². The fourth-order valence-corrected chi connectivity index (χ4v) is 2.19. The molecule has 0 fully saturated rings. The van der Waals surface area contributed by atoms with Gasteiger partial charge in [0.2, 0.25) is 0 Å². The van der Waals surface area contributed by atoms with Gasteiger partial charge in [-0.2, -0.15) is 0 Å². The van der Waals surface area contributed by atoms with Crippen molar-refractivity contribution in [2.75, 3.05) is 14.2 Å². The minimum absolute atomic E-state index is 0.135. The highest BCUT2D eigenvalue weighted by atomic mass is 79.9. The van der Waals surface area contributed by atoms with E-state index < -0.39 is 0 Å². The molecule has 1 N–H and O–H groups in total. The molecular formula is C12H12BrNO3. The molecule has 0 saturated heterocycles. The van der Waals surface area contributed by atoms with Gasteiger partial charge in [0.15, 0.2) is 0 Å². The van der Waals surface area contributed by atoms with Crippen molar-refractivity contribution < 1.29 is 9.47 Å². The number of rotatable bonds is 3. The van der Waals surface area contributed by atoms with Crippen molar-refractivity contribution in [3.05, 3.63) is 38.6 Å². The summed E-state index contributed by atoms with van der Waals surface area (Å²) in [7, 11) is 3.15. The van der Waals surface area contributed by atoms with Gasteiger partial charge in [-0.1, -0.05) is 0 Å². The Morgan fingerprint density at radius 3 is 2.71 bits per heavy atom. The Kier molecular flexibility index (Phi) is 3.49. The molecule has 1 heterocycles. The normalized spacial score (nSPS) is 10.8. The minimum atomic E-state index is -0.135. The van der Waals surface area contributed by atoms with E-state index in [-0.39, 0.29) is 5.56 Å². The van der Waals surface area contributed by atoms with Crippen LogP contribution in [0.3, 0.4) is 0 Å². The van der Waals surface area contributed by atoms with Crippen LogP contribution in [0.1, 0.15) is 5.56 Å². The lowest BCUT2D eigenvalue weighted by Crippen LogP contribution is -2.12. The van der Waals surface area contributed by atoms with Gasteiger partial charge in [0.25, 0.3) is 5.56 Å². The van der Waals surface area contributed by atoms with Crippen LogP contribution >= 0.6 is 15.9 Å². The smallest absolute Gasteiger partial charge is 0.253 e. The largest absolute Gasteiger partial charge is 0.495 e. The van der Waals surface area contributed by atoms with Crippen LogP contribution in [0.4, 0.5) is 0 Å². The summed E-state index contributed by atoms with van der Waals surface area (Å²) in [5.74, 6) is 0.688. The third-order valence-electron chi connectivity index (χ3n) is 2.49. The number of aromatic amines is 1. The van der Waals surface area contributed by atoms with Gasteiger partial charge in [0.1, 0.15) is 5.75 Å². The molecule has 2 rings (SSSR count). The lowest BCUT2D eigenvalue weighted by Gasteiger charge is -2.07. The van der Waals surface area contributed by atoms with E-state index in [1.54, 1.807) is 20.3 Å². The summed E-state index contributed by atoms with van der Waals surface area (Å²) in [4.78, 5) is 14.5. The summed E-state index contributed by atoms with van der Waals surface area (Å²) in [6.45, 7) is 0.301. The fourth-order valence-electron chi connectivity index (χ4n) is 1.67. The molecule has 0 spiro atoms. The standard InChI is InChI=1S/C12H12BrNO3/c1-16-6-8-3-7-4-9(13)11(17-2)5-10(7)14-12(8)15/h3-5H,6H2,1-2H3,(H,14,15). The van der Waals surface area contributed by atoms with Crippen LogP contribution in [-0.2, 0) is 11.3 Å². The zero-order valence-corrected chi connectivity index (χ0v) is 11.1. The molecule has 1 aromatic carbocycles. The van der Waals surface area contributed by atoms with Gasteiger partial charge in [-0.05, 0) is 33.4 Å². The van der Waals surface area contributed by atoms with Crippen LogP contribution in [0.15, 0.2) is 27.5 Å². The predicted molar refractivity (Wildman–Crippen MR) is 69.5 cm³/mol. The van der Waals surface area contributed by atoms with Crippen molar-refractivity contribution >= 4 is 26.8 Å². The van der Waals surface area contributed by atoms with Gasteiger partial charge in [0, 0.05) is 18.7 Å². The highest BCUT2D eigenvalue weighted by Crippen LogP contribution is 2.29. The molecule has 0 radical (unpaired) electrons. The number of nitrogens with one attached hydrogen (secondary N) is 1. The van der Waals surface area contributed by atoms with Crippen molar-refractivity contribution in [1.82, 2.24) is 4.98 Å². The lowest BCUT2D eigenvalue weighted by atomic mass is 10.1. The van der Waals surface area contributed by atoms with Crippen molar-refractivity contribution in [2.45, 2.75) is 6.61 Å². The van der Waals surface area contributed by atoms with Crippen LogP contribution in [0.25, 0.3) is 10.9 Å². The first-order valence-corrected chi connectivity index (χ1v) is 5.83. The van der Waals surface area contributed by atoms with E-state index in [2.05, 4.69) is 20.9 Å². The highest BCUT2D eigenvalue weighted by Gasteiger charge is 2.06. The second kappa shape index (κ2) is 4.89. The summed E-state index contributed by atoms with van der Waals surface area (Å²) in [6, 6.07) is 5.52. The summed E-state index contributed by atoms with van der Waals surface area (Å²) in [5.41, 5.74) is 1.22. The molecule has 4 nitrogen and oxygen atoms in total. The number of methoxy groups -OCH3 is 2. The second-order valence-corrected chi connectivity index (χ2v) is 4.49. The van der Waals surface area contributed by atoms with Crippen molar-refractivity contribution in [2.24, 2.45) is 0 Å². The molecular weight excluding hydrogens is 286 g/mol. The van der Waals surface area contributed by atoms with Crippen LogP contribution in [-0.4, -0.2) is 19.2 Å². The monoisotopic (exact) mass is 297 g/mol. The minimum Gasteiger partial charge on any atom is -0.495 e. The zero-order chi connectivity index (χ0) is 12.4. The maximum Gasteiger partial charge on any atom is 0.253 e. The van der Waals surface area contributed by atoms with Crippen molar-refractivity contribution in [3.8, 4) is 5.75 Å². The van der Waals surface area contributed by atoms with Crippen molar-refractivity contribution in [1.29, 1.82) is 0 Å². The van der Waals surface area contributed by atoms with E-state index in [4.69, 9.17) is 9.47 Å².